The lowest BCUT2D eigenvalue weighted by Crippen LogP contribution is -2.07. The lowest BCUT2D eigenvalue weighted by atomic mass is 10.2. The standard InChI is InChI=1S/C16H13FN2O4/c1-9-7-12(10(2)22-9)15-19-18-14(23-15)8-21-16(20)11-5-3-4-6-13(11)17/h3-7H,8H2,1-2H3. The van der Waals surface area contributed by atoms with Crippen LogP contribution in [0.1, 0.15) is 27.8 Å². The molecule has 0 saturated heterocycles. The second-order valence-electron chi connectivity index (χ2n) is 4.88. The monoisotopic (exact) mass is 316 g/mol. The topological polar surface area (TPSA) is 78.4 Å². The van der Waals surface area contributed by atoms with Crippen molar-refractivity contribution in [1.82, 2.24) is 10.2 Å². The Morgan fingerprint density at radius 2 is 2.00 bits per heavy atom. The predicted molar refractivity (Wildman–Crippen MR) is 77.0 cm³/mol. The summed E-state index contributed by atoms with van der Waals surface area (Å²) < 4.78 is 29.3. The van der Waals surface area contributed by atoms with Crippen LogP contribution in [-0.2, 0) is 11.3 Å². The number of ether oxygens (including phenoxy) is 1. The number of aryl methyl sites for hydroxylation is 2. The average molecular weight is 316 g/mol. The second kappa shape index (κ2) is 6.04. The summed E-state index contributed by atoms with van der Waals surface area (Å²) in [5, 5.41) is 7.69. The third kappa shape index (κ3) is 3.13. The minimum atomic E-state index is -0.793. The van der Waals surface area contributed by atoms with Crippen molar-refractivity contribution in [3.05, 3.63) is 59.1 Å². The number of rotatable bonds is 4. The first-order valence-electron chi connectivity index (χ1n) is 6.86. The highest BCUT2D eigenvalue weighted by Gasteiger charge is 2.17. The van der Waals surface area contributed by atoms with Crippen LogP contribution in [0.25, 0.3) is 11.5 Å². The van der Waals surface area contributed by atoms with Crippen LogP contribution in [-0.4, -0.2) is 16.2 Å². The van der Waals surface area contributed by atoms with E-state index in [0.717, 1.165) is 5.76 Å². The van der Waals surface area contributed by atoms with Gasteiger partial charge in [0.1, 0.15) is 17.3 Å². The summed E-state index contributed by atoms with van der Waals surface area (Å²) in [7, 11) is 0. The first-order valence-corrected chi connectivity index (χ1v) is 6.86. The summed E-state index contributed by atoms with van der Waals surface area (Å²) in [6, 6.07) is 7.35. The maximum Gasteiger partial charge on any atom is 0.341 e. The first-order chi connectivity index (χ1) is 11.0. The maximum atomic E-state index is 13.5. The second-order valence-corrected chi connectivity index (χ2v) is 4.88. The van der Waals surface area contributed by atoms with Gasteiger partial charge in [-0.1, -0.05) is 12.1 Å². The Hall–Kier alpha value is -2.96. The van der Waals surface area contributed by atoms with Gasteiger partial charge in [0, 0.05) is 0 Å². The molecule has 0 aliphatic rings. The van der Waals surface area contributed by atoms with E-state index < -0.39 is 11.8 Å². The number of carbonyl (C=O) groups is 1. The molecule has 3 aromatic rings. The molecule has 0 N–H and O–H groups in total. The highest BCUT2D eigenvalue weighted by atomic mass is 19.1. The van der Waals surface area contributed by atoms with E-state index in [2.05, 4.69) is 10.2 Å². The molecule has 23 heavy (non-hydrogen) atoms. The van der Waals surface area contributed by atoms with Crippen molar-refractivity contribution in [2.24, 2.45) is 0 Å². The van der Waals surface area contributed by atoms with Crippen molar-refractivity contribution in [3.8, 4) is 11.5 Å². The van der Waals surface area contributed by atoms with Gasteiger partial charge in [-0.05, 0) is 32.0 Å². The van der Waals surface area contributed by atoms with Gasteiger partial charge in [-0.3, -0.25) is 0 Å². The number of hydrogen-bond acceptors (Lipinski definition) is 6. The molecular formula is C16H13FN2O4. The Kier molecular flexibility index (Phi) is 3.92. The molecule has 0 fully saturated rings. The zero-order valence-corrected chi connectivity index (χ0v) is 12.5. The fourth-order valence-electron chi connectivity index (χ4n) is 2.10. The summed E-state index contributed by atoms with van der Waals surface area (Å²) in [5.41, 5.74) is 0.537. The fraction of sp³-hybridized carbons (Fsp3) is 0.188. The zero-order valence-electron chi connectivity index (χ0n) is 12.5. The van der Waals surface area contributed by atoms with E-state index in [-0.39, 0.29) is 24.0 Å². The molecule has 2 heterocycles. The zero-order chi connectivity index (χ0) is 16.4. The number of nitrogens with zero attached hydrogens (tertiary/aromatic N) is 2. The summed E-state index contributed by atoms with van der Waals surface area (Å²) in [6.07, 6.45) is 0. The lowest BCUT2D eigenvalue weighted by molar-refractivity contribution is 0.0433. The van der Waals surface area contributed by atoms with Crippen molar-refractivity contribution < 1.29 is 22.8 Å². The van der Waals surface area contributed by atoms with Gasteiger partial charge < -0.3 is 13.6 Å². The molecule has 2 aromatic heterocycles. The quantitative estimate of drug-likeness (QED) is 0.686. The number of carbonyl (C=O) groups excluding carboxylic acids is 1. The molecule has 7 heteroatoms. The third-order valence-electron chi connectivity index (χ3n) is 3.16. The van der Waals surface area contributed by atoms with Crippen LogP contribution in [0.3, 0.4) is 0 Å². The van der Waals surface area contributed by atoms with Crippen molar-refractivity contribution >= 4 is 5.97 Å². The highest BCUT2D eigenvalue weighted by molar-refractivity contribution is 5.89. The molecule has 1 aromatic carbocycles. The molecule has 0 spiro atoms. The summed E-state index contributed by atoms with van der Waals surface area (Å²) in [5.74, 6) is 0.329. The van der Waals surface area contributed by atoms with E-state index in [0.29, 0.717) is 11.3 Å². The molecule has 0 unspecified atom stereocenters. The number of benzene rings is 1. The molecule has 6 nitrogen and oxygen atoms in total. The molecule has 0 amide bonds. The van der Waals surface area contributed by atoms with Gasteiger partial charge in [-0.25, -0.2) is 9.18 Å². The number of halogens is 1. The molecule has 0 aliphatic heterocycles. The van der Waals surface area contributed by atoms with Crippen molar-refractivity contribution in [3.63, 3.8) is 0 Å². The largest absolute Gasteiger partial charge is 0.466 e. The van der Waals surface area contributed by atoms with Gasteiger partial charge in [-0.15, -0.1) is 10.2 Å². The van der Waals surface area contributed by atoms with E-state index >= 15 is 0 Å². The smallest absolute Gasteiger partial charge is 0.341 e. The number of aromatic nitrogens is 2. The van der Waals surface area contributed by atoms with Crippen LogP contribution in [0.15, 0.2) is 39.2 Å². The normalized spacial score (nSPS) is 10.7. The van der Waals surface area contributed by atoms with Crippen LogP contribution < -0.4 is 0 Å². The Labute approximate surface area is 130 Å². The third-order valence-corrected chi connectivity index (χ3v) is 3.16. The molecule has 0 atom stereocenters. The van der Waals surface area contributed by atoms with Gasteiger partial charge in [0.05, 0.1) is 11.1 Å². The van der Waals surface area contributed by atoms with Gasteiger partial charge in [0.15, 0.2) is 6.61 Å². The van der Waals surface area contributed by atoms with E-state index in [4.69, 9.17) is 13.6 Å². The van der Waals surface area contributed by atoms with Gasteiger partial charge in [-0.2, -0.15) is 0 Å². The van der Waals surface area contributed by atoms with E-state index in [1.54, 1.807) is 19.1 Å². The number of hydrogen-bond donors (Lipinski definition) is 0. The molecule has 0 radical (unpaired) electrons. The molecule has 0 bridgehead atoms. The van der Waals surface area contributed by atoms with Crippen LogP contribution in [0.4, 0.5) is 4.39 Å². The Morgan fingerprint density at radius 3 is 2.70 bits per heavy atom. The van der Waals surface area contributed by atoms with E-state index in [1.165, 1.54) is 18.2 Å². The van der Waals surface area contributed by atoms with Crippen LogP contribution >= 0.6 is 0 Å². The van der Waals surface area contributed by atoms with Gasteiger partial charge >= 0.3 is 5.97 Å². The maximum absolute atomic E-state index is 13.5. The fourth-order valence-corrected chi connectivity index (χ4v) is 2.10. The Balaban J connectivity index is 1.69. The van der Waals surface area contributed by atoms with Crippen molar-refractivity contribution in [2.45, 2.75) is 20.5 Å². The summed E-state index contributed by atoms with van der Waals surface area (Å²) in [4.78, 5) is 11.8. The van der Waals surface area contributed by atoms with Gasteiger partial charge in [0.2, 0.25) is 0 Å². The van der Waals surface area contributed by atoms with Crippen molar-refractivity contribution in [2.75, 3.05) is 0 Å². The van der Waals surface area contributed by atoms with Crippen molar-refractivity contribution in [1.29, 1.82) is 0 Å². The highest BCUT2D eigenvalue weighted by Crippen LogP contribution is 2.25. The summed E-state index contributed by atoms with van der Waals surface area (Å²) in [6.45, 7) is 3.35. The van der Waals surface area contributed by atoms with Gasteiger partial charge in [0.25, 0.3) is 11.8 Å². The van der Waals surface area contributed by atoms with Crippen LogP contribution in [0, 0.1) is 19.7 Å². The predicted octanol–water partition coefficient (Wildman–Crippen LogP) is 3.44. The number of furan rings is 1. The van der Waals surface area contributed by atoms with Crippen LogP contribution in [0.2, 0.25) is 0 Å². The van der Waals surface area contributed by atoms with Crippen LogP contribution in [0.5, 0.6) is 0 Å². The van der Waals surface area contributed by atoms with E-state index in [1.807, 2.05) is 6.92 Å². The molecule has 3 rings (SSSR count). The Morgan fingerprint density at radius 1 is 1.22 bits per heavy atom. The molecule has 0 saturated carbocycles. The molecular weight excluding hydrogens is 303 g/mol. The number of esters is 1. The summed E-state index contributed by atoms with van der Waals surface area (Å²) >= 11 is 0. The Bertz CT molecular complexity index is 853. The molecule has 118 valence electrons. The SMILES string of the molecule is Cc1cc(-c2nnc(COC(=O)c3ccccc3F)o2)c(C)o1. The first kappa shape index (κ1) is 15.0. The van der Waals surface area contributed by atoms with E-state index in [9.17, 15) is 9.18 Å². The average Bonchev–Trinajstić information content (AvgIpc) is 3.11. The lowest BCUT2D eigenvalue weighted by Gasteiger charge is -2.02. The minimum Gasteiger partial charge on any atom is -0.466 e. The minimum absolute atomic E-state index is 0.114. The molecule has 0 aliphatic carbocycles.